The van der Waals surface area contributed by atoms with Crippen LogP contribution in [-0.2, 0) is 0 Å². The first-order valence-corrected chi connectivity index (χ1v) is 11.7. The van der Waals surface area contributed by atoms with Crippen molar-refractivity contribution >= 4 is 28.9 Å². The van der Waals surface area contributed by atoms with Crippen molar-refractivity contribution in [1.82, 2.24) is 0 Å². The molecule has 3 aromatic carbocycles. The molecule has 0 heterocycles. The third-order valence-electron chi connectivity index (χ3n) is 5.01. The molecule has 0 saturated heterocycles. The lowest BCUT2D eigenvalue weighted by Gasteiger charge is -2.08. The quantitative estimate of drug-likeness (QED) is 0.116. The average molecular weight is 465 g/mol. The first-order valence-electron chi connectivity index (χ1n) is 11.4. The Morgan fingerprint density at radius 3 is 1.91 bits per heavy atom. The fraction of sp³-hybridized carbons (Fsp3) is 0.296. The average Bonchev–Trinajstić information content (AvgIpc) is 2.84. The van der Waals surface area contributed by atoms with E-state index in [1.165, 1.54) is 32.1 Å². The number of hydrogen-bond acceptors (Lipinski definition) is 5. The van der Waals surface area contributed by atoms with Gasteiger partial charge in [0.15, 0.2) is 0 Å². The van der Waals surface area contributed by atoms with Gasteiger partial charge in [-0.2, -0.15) is 10.2 Å². The van der Waals surface area contributed by atoms with Crippen LogP contribution in [0.5, 0.6) is 11.5 Å². The summed E-state index contributed by atoms with van der Waals surface area (Å²) in [6.07, 6.45) is 7.35. The van der Waals surface area contributed by atoms with Crippen LogP contribution in [0.15, 0.2) is 83.0 Å². The van der Waals surface area contributed by atoms with Gasteiger partial charge in [0.1, 0.15) is 11.5 Å². The third kappa shape index (κ3) is 8.70. The smallest absolute Gasteiger partial charge is 0.343 e. The minimum atomic E-state index is -0.423. The fourth-order valence-electron chi connectivity index (χ4n) is 3.13. The van der Waals surface area contributed by atoms with E-state index >= 15 is 0 Å². The molecule has 0 spiro atoms. The fourth-order valence-corrected chi connectivity index (χ4v) is 3.26. The number of nitrogens with zero attached hydrogens (tertiary/aromatic N) is 2. The predicted octanol–water partition coefficient (Wildman–Crippen LogP) is 8.71. The Hall–Kier alpha value is -3.18. The summed E-state index contributed by atoms with van der Waals surface area (Å²) in [6, 6.07) is 21.0. The monoisotopic (exact) mass is 464 g/mol. The topological polar surface area (TPSA) is 60.2 Å². The van der Waals surface area contributed by atoms with Gasteiger partial charge in [-0.3, -0.25) is 0 Å². The number of azo groups is 1. The molecule has 172 valence electrons. The highest BCUT2D eigenvalue weighted by Gasteiger charge is 2.09. The summed E-state index contributed by atoms with van der Waals surface area (Å²) in [6.45, 7) is 2.91. The zero-order valence-electron chi connectivity index (χ0n) is 18.9. The lowest BCUT2D eigenvalue weighted by molar-refractivity contribution is 0.0734. The second-order valence-corrected chi connectivity index (χ2v) is 8.14. The highest BCUT2D eigenvalue weighted by atomic mass is 35.5. The summed E-state index contributed by atoms with van der Waals surface area (Å²) in [5.74, 6) is 0.775. The minimum Gasteiger partial charge on any atom is -0.494 e. The molecule has 0 N–H and O–H groups in total. The summed E-state index contributed by atoms with van der Waals surface area (Å²) < 4.78 is 11.2. The zero-order chi connectivity index (χ0) is 23.3. The molecule has 0 unspecified atom stereocenters. The number of rotatable bonds is 12. The number of esters is 1. The van der Waals surface area contributed by atoms with Crippen LogP contribution in [-0.4, -0.2) is 12.6 Å². The van der Waals surface area contributed by atoms with Crippen LogP contribution in [0.3, 0.4) is 0 Å². The molecule has 0 aliphatic carbocycles. The van der Waals surface area contributed by atoms with Gasteiger partial charge in [-0.25, -0.2) is 4.79 Å². The van der Waals surface area contributed by atoms with Crippen molar-refractivity contribution in [3.63, 3.8) is 0 Å². The molecule has 6 heteroatoms. The Morgan fingerprint density at radius 2 is 1.27 bits per heavy atom. The normalized spacial score (nSPS) is 11.0. The Bertz CT molecular complexity index is 1020. The van der Waals surface area contributed by atoms with Gasteiger partial charge in [0, 0.05) is 5.02 Å². The van der Waals surface area contributed by atoms with Crippen LogP contribution in [0, 0.1) is 0 Å². The van der Waals surface area contributed by atoms with Gasteiger partial charge < -0.3 is 9.47 Å². The summed E-state index contributed by atoms with van der Waals surface area (Å²) in [7, 11) is 0. The van der Waals surface area contributed by atoms with Crippen molar-refractivity contribution in [2.24, 2.45) is 10.2 Å². The number of ether oxygens (including phenoxy) is 2. The van der Waals surface area contributed by atoms with Crippen LogP contribution in [0.1, 0.15) is 55.8 Å². The second-order valence-electron chi connectivity index (χ2n) is 7.70. The molecular weight excluding hydrogens is 436 g/mol. The molecule has 33 heavy (non-hydrogen) atoms. The van der Waals surface area contributed by atoms with Crippen molar-refractivity contribution < 1.29 is 14.3 Å². The summed E-state index contributed by atoms with van der Waals surface area (Å²) in [5, 5.41) is 8.97. The van der Waals surface area contributed by atoms with Crippen molar-refractivity contribution in [3.8, 4) is 11.5 Å². The van der Waals surface area contributed by atoms with Gasteiger partial charge in [-0.15, -0.1) is 0 Å². The van der Waals surface area contributed by atoms with Crippen molar-refractivity contribution in [3.05, 3.63) is 83.4 Å². The van der Waals surface area contributed by atoms with Gasteiger partial charge in [0.05, 0.1) is 23.5 Å². The van der Waals surface area contributed by atoms with Crippen LogP contribution < -0.4 is 9.47 Å². The van der Waals surface area contributed by atoms with E-state index in [9.17, 15) is 4.79 Å². The highest BCUT2D eigenvalue weighted by molar-refractivity contribution is 6.30. The molecule has 0 fully saturated rings. The maximum atomic E-state index is 12.4. The molecule has 0 saturated carbocycles. The molecule has 5 nitrogen and oxygen atoms in total. The molecule has 0 aromatic heterocycles. The van der Waals surface area contributed by atoms with Crippen LogP contribution in [0.25, 0.3) is 0 Å². The number of unbranched alkanes of at least 4 members (excludes halogenated alkanes) is 5. The van der Waals surface area contributed by atoms with Gasteiger partial charge in [0.2, 0.25) is 0 Å². The first-order chi connectivity index (χ1) is 16.1. The number of benzene rings is 3. The number of hydrogen-bond donors (Lipinski definition) is 0. The molecule has 0 atom stereocenters. The van der Waals surface area contributed by atoms with Crippen molar-refractivity contribution in [1.29, 1.82) is 0 Å². The minimum absolute atomic E-state index is 0.423. The lowest BCUT2D eigenvalue weighted by atomic mass is 10.1. The maximum absolute atomic E-state index is 12.4. The van der Waals surface area contributed by atoms with E-state index in [2.05, 4.69) is 17.2 Å². The summed E-state index contributed by atoms with van der Waals surface area (Å²) in [4.78, 5) is 12.4. The van der Waals surface area contributed by atoms with E-state index in [1.807, 2.05) is 0 Å². The van der Waals surface area contributed by atoms with Gasteiger partial charge >= 0.3 is 5.97 Å². The predicted molar refractivity (Wildman–Crippen MR) is 132 cm³/mol. The van der Waals surface area contributed by atoms with Crippen LogP contribution in [0.2, 0.25) is 5.02 Å². The number of carbonyl (C=O) groups is 1. The second kappa shape index (κ2) is 13.4. The largest absolute Gasteiger partial charge is 0.494 e. The van der Waals surface area contributed by atoms with Gasteiger partial charge in [-0.1, -0.05) is 50.6 Å². The molecule has 0 aliphatic heterocycles. The molecule has 0 radical (unpaired) electrons. The number of halogens is 1. The highest BCUT2D eigenvalue weighted by Crippen LogP contribution is 2.23. The lowest BCUT2D eigenvalue weighted by Crippen LogP contribution is -2.08. The van der Waals surface area contributed by atoms with Crippen molar-refractivity contribution in [2.45, 2.75) is 45.4 Å². The van der Waals surface area contributed by atoms with Crippen molar-refractivity contribution in [2.75, 3.05) is 6.61 Å². The molecule has 0 aliphatic rings. The standard InChI is InChI=1S/C27H29ClN2O3/c1-2-3-4-5-6-7-20-32-25-16-8-21(9-17-25)27(31)33-26-18-14-24(15-19-26)30-29-23-12-10-22(28)11-13-23/h8-19H,2-7,20H2,1H3. The van der Waals surface area contributed by atoms with E-state index < -0.39 is 5.97 Å². The van der Waals surface area contributed by atoms with E-state index in [1.54, 1.807) is 72.8 Å². The molecule has 0 bridgehead atoms. The Balaban J connectivity index is 1.44. The Labute approximate surface area is 200 Å². The molecular formula is C27H29ClN2O3. The summed E-state index contributed by atoms with van der Waals surface area (Å²) >= 11 is 5.86. The Morgan fingerprint density at radius 1 is 0.727 bits per heavy atom. The number of carbonyl (C=O) groups excluding carboxylic acids is 1. The van der Waals surface area contributed by atoms with E-state index in [-0.39, 0.29) is 0 Å². The van der Waals surface area contributed by atoms with E-state index in [0.29, 0.717) is 34.3 Å². The molecule has 3 aromatic rings. The first kappa shape index (κ1) is 24.5. The van der Waals surface area contributed by atoms with Gasteiger partial charge in [-0.05, 0) is 79.2 Å². The Kier molecular flexibility index (Phi) is 9.92. The molecule has 0 amide bonds. The van der Waals surface area contributed by atoms with Gasteiger partial charge in [0.25, 0.3) is 0 Å². The van der Waals surface area contributed by atoms with Crippen LogP contribution >= 0.6 is 11.6 Å². The van der Waals surface area contributed by atoms with E-state index in [0.717, 1.165) is 12.2 Å². The zero-order valence-corrected chi connectivity index (χ0v) is 19.6. The summed E-state index contributed by atoms with van der Waals surface area (Å²) in [5.41, 5.74) is 1.82. The SMILES string of the molecule is CCCCCCCCOc1ccc(C(=O)Oc2ccc(N=Nc3ccc(Cl)cc3)cc2)cc1. The van der Waals surface area contributed by atoms with Crippen LogP contribution in [0.4, 0.5) is 11.4 Å². The van der Waals surface area contributed by atoms with E-state index in [4.69, 9.17) is 21.1 Å². The molecule has 3 rings (SSSR count). The maximum Gasteiger partial charge on any atom is 0.343 e. The third-order valence-corrected chi connectivity index (χ3v) is 5.26.